The number of piperidine rings is 3. The zero-order valence-electron chi connectivity index (χ0n) is 13.2. The number of rotatable bonds is 3. The van der Waals surface area contributed by atoms with Crippen LogP contribution in [0.5, 0.6) is 0 Å². The number of aliphatic hydroxyl groups is 1. The number of hydrogen-bond donors (Lipinski definition) is 1. The molecule has 3 aliphatic heterocycles. The third-order valence-corrected chi connectivity index (χ3v) is 5.83. The van der Waals surface area contributed by atoms with E-state index < -0.39 is 6.10 Å². The predicted octanol–water partition coefficient (Wildman–Crippen LogP) is 3.39. The van der Waals surface area contributed by atoms with E-state index in [0.717, 1.165) is 47.8 Å². The van der Waals surface area contributed by atoms with E-state index in [0.29, 0.717) is 0 Å². The van der Waals surface area contributed by atoms with Crippen LogP contribution in [0, 0.1) is 11.8 Å². The van der Waals surface area contributed by atoms with Crippen LogP contribution >= 0.6 is 0 Å². The maximum Gasteiger partial charge on any atom is 0.0952 e. The van der Waals surface area contributed by atoms with E-state index in [2.05, 4.69) is 22.9 Å². The zero-order chi connectivity index (χ0) is 15.1. The fraction of sp³-hybridized carbons (Fsp3) is 0.526. The number of hydrogen-bond acceptors (Lipinski definition) is 3. The maximum absolute atomic E-state index is 11.1. The Hall–Kier alpha value is -1.45. The molecule has 3 aliphatic rings. The van der Waals surface area contributed by atoms with Crippen LogP contribution in [0.3, 0.4) is 0 Å². The summed E-state index contributed by atoms with van der Waals surface area (Å²) in [6.07, 6.45) is 5.12. The van der Waals surface area contributed by atoms with Crippen LogP contribution in [-0.2, 0) is 0 Å². The smallest absolute Gasteiger partial charge is 0.0952 e. The highest BCUT2D eigenvalue weighted by molar-refractivity contribution is 5.82. The summed E-state index contributed by atoms with van der Waals surface area (Å²) in [5, 5.41) is 12.1. The van der Waals surface area contributed by atoms with Gasteiger partial charge in [0.15, 0.2) is 0 Å². The Morgan fingerprint density at radius 3 is 2.95 bits per heavy atom. The summed E-state index contributed by atoms with van der Waals surface area (Å²) in [6.45, 7) is 4.60. The van der Waals surface area contributed by atoms with Crippen LogP contribution in [0.15, 0.2) is 36.5 Å². The molecule has 2 bridgehead atoms. The van der Waals surface area contributed by atoms with Crippen LogP contribution in [0.4, 0.5) is 0 Å². The van der Waals surface area contributed by atoms with Crippen LogP contribution in [0.25, 0.3) is 10.9 Å². The van der Waals surface area contributed by atoms with Crippen molar-refractivity contribution in [3.05, 3.63) is 42.1 Å². The van der Waals surface area contributed by atoms with Gasteiger partial charge in [0.1, 0.15) is 0 Å². The first-order valence-corrected chi connectivity index (χ1v) is 8.53. The van der Waals surface area contributed by atoms with Gasteiger partial charge in [-0.15, -0.1) is 0 Å². The summed E-state index contributed by atoms with van der Waals surface area (Å²) < 4.78 is 0. The lowest BCUT2D eigenvalue weighted by atomic mass is 9.72. The van der Waals surface area contributed by atoms with Crippen molar-refractivity contribution in [1.29, 1.82) is 0 Å². The molecule has 0 aliphatic carbocycles. The number of aromatic nitrogens is 1. The zero-order valence-corrected chi connectivity index (χ0v) is 13.2. The molecular formula is C19H24N2O. The maximum atomic E-state index is 11.1. The SMILES string of the molecule is CC[C@@H]1CN2CC[C@@H]1C[C@@H]2[C@H](O)c1ccnc2ccccc12. The van der Waals surface area contributed by atoms with Crippen LogP contribution in [0.1, 0.15) is 37.9 Å². The summed E-state index contributed by atoms with van der Waals surface area (Å²) in [6, 6.07) is 10.4. The average molecular weight is 296 g/mol. The first kappa shape index (κ1) is 14.2. The Balaban J connectivity index is 1.66. The van der Waals surface area contributed by atoms with Crippen LogP contribution in [-0.4, -0.2) is 34.1 Å². The van der Waals surface area contributed by atoms with Gasteiger partial charge in [-0.05, 0) is 48.9 Å². The largest absolute Gasteiger partial charge is 0.387 e. The lowest BCUT2D eigenvalue weighted by molar-refractivity contribution is -0.0562. The molecule has 3 saturated heterocycles. The Morgan fingerprint density at radius 1 is 1.32 bits per heavy atom. The normalized spacial score (nSPS) is 32.3. The molecule has 0 saturated carbocycles. The highest BCUT2D eigenvalue weighted by atomic mass is 16.3. The van der Waals surface area contributed by atoms with Gasteiger partial charge >= 0.3 is 0 Å². The van der Waals surface area contributed by atoms with Crippen LogP contribution < -0.4 is 0 Å². The van der Waals surface area contributed by atoms with Gasteiger partial charge in [0, 0.05) is 24.2 Å². The van der Waals surface area contributed by atoms with Gasteiger partial charge in [-0.2, -0.15) is 0 Å². The molecular weight excluding hydrogens is 272 g/mol. The molecule has 0 amide bonds. The molecule has 5 rings (SSSR count). The van der Waals surface area contributed by atoms with E-state index in [1.165, 1.54) is 12.8 Å². The third-order valence-electron chi connectivity index (χ3n) is 5.83. The highest BCUT2D eigenvalue weighted by Crippen LogP contribution is 2.42. The first-order valence-electron chi connectivity index (χ1n) is 8.53. The second kappa shape index (κ2) is 5.64. The van der Waals surface area contributed by atoms with Crippen molar-refractivity contribution in [2.75, 3.05) is 13.1 Å². The number of benzene rings is 1. The second-order valence-electron chi connectivity index (χ2n) is 6.88. The van der Waals surface area contributed by atoms with Crippen molar-refractivity contribution in [3.63, 3.8) is 0 Å². The third kappa shape index (κ3) is 2.24. The van der Waals surface area contributed by atoms with Gasteiger partial charge in [-0.1, -0.05) is 31.5 Å². The molecule has 3 heteroatoms. The van der Waals surface area contributed by atoms with Crippen molar-refractivity contribution in [2.45, 2.75) is 38.3 Å². The fourth-order valence-corrected chi connectivity index (χ4v) is 4.55. The van der Waals surface area contributed by atoms with Gasteiger partial charge in [0.25, 0.3) is 0 Å². The molecule has 1 unspecified atom stereocenters. The standard InChI is InChI=1S/C19H24N2O/c1-2-13-12-21-10-8-14(13)11-18(21)19(22)16-7-9-20-17-6-4-3-5-15(16)17/h3-7,9,13-14,18-19,22H,2,8,10-12H2,1H3/t13-,14-,18-,19-/m1/s1. The minimum Gasteiger partial charge on any atom is -0.387 e. The van der Waals surface area contributed by atoms with Gasteiger partial charge in [-0.25, -0.2) is 0 Å². The quantitative estimate of drug-likeness (QED) is 0.943. The second-order valence-corrected chi connectivity index (χ2v) is 6.88. The lowest BCUT2D eigenvalue weighted by Crippen LogP contribution is -2.55. The molecule has 1 aromatic heterocycles. The van der Waals surface area contributed by atoms with E-state index in [1.807, 2.05) is 30.5 Å². The molecule has 5 atom stereocenters. The molecule has 1 N–H and O–H groups in total. The van der Waals surface area contributed by atoms with Crippen molar-refractivity contribution >= 4 is 10.9 Å². The minimum absolute atomic E-state index is 0.271. The lowest BCUT2D eigenvalue weighted by Gasteiger charge is -2.51. The molecule has 116 valence electrons. The van der Waals surface area contributed by atoms with Gasteiger partial charge in [0.2, 0.25) is 0 Å². The molecule has 4 heterocycles. The molecule has 1 aromatic carbocycles. The molecule has 2 aromatic rings. The number of para-hydroxylation sites is 1. The Bertz CT molecular complexity index is 666. The molecule has 0 spiro atoms. The van der Waals surface area contributed by atoms with E-state index in [1.54, 1.807) is 0 Å². The highest BCUT2D eigenvalue weighted by Gasteiger charge is 2.42. The number of fused-ring (bicyclic) bond motifs is 4. The summed E-state index contributed by atoms with van der Waals surface area (Å²) in [7, 11) is 0. The summed E-state index contributed by atoms with van der Waals surface area (Å²) >= 11 is 0. The first-order chi connectivity index (χ1) is 10.8. The van der Waals surface area contributed by atoms with E-state index in [4.69, 9.17) is 0 Å². The summed E-state index contributed by atoms with van der Waals surface area (Å²) in [4.78, 5) is 6.94. The molecule has 3 nitrogen and oxygen atoms in total. The van der Waals surface area contributed by atoms with Gasteiger partial charge in [-0.3, -0.25) is 9.88 Å². The average Bonchev–Trinajstić information content (AvgIpc) is 2.60. The summed E-state index contributed by atoms with van der Waals surface area (Å²) in [5.41, 5.74) is 2.01. The number of pyridine rings is 1. The van der Waals surface area contributed by atoms with Gasteiger partial charge in [0.05, 0.1) is 11.6 Å². The fourth-order valence-electron chi connectivity index (χ4n) is 4.55. The van der Waals surface area contributed by atoms with E-state index in [9.17, 15) is 5.11 Å². The van der Waals surface area contributed by atoms with Crippen molar-refractivity contribution in [3.8, 4) is 0 Å². The Labute approximate surface area is 132 Å². The van der Waals surface area contributed by atoms with Gasteiger partial charge < -0.3 is 5.11 Å². The monoisotopic (exact) mass is 296 g/mol. The number of aliphatic hydroxyl groups excluding tert-OH is 1. The predicted molar refractivity (Wildman–Crippen MR) is 88.6 cm³/mol. The van der Waals surface area contributed by atoms with Crippen molar-refractivity contribution in [1.82, 2.24) is 9.88 Å². The Kier molecular flexibility index (Phi) is 3.63. The molecule has 3 fully saturated rings. The number of nitrogens with zero attached hydrogens (tertiary/aromatic N) is 2. The van der Waals surface area contributed by atoms with E-state index >= 15 is 0 Å². The van der Waals surface area contributed by atoms with Crippen molar-refractivity contribution < 1.29 is 5.11 Å². The summed E-state index contributed by atoms with van der Waals surface area (Å²) in [5.74, 6) is 1.62. The molecule has 22 heavy (non-hydrogen) atoms. The van der Waals surface area contributed by atoms with Crippen LogP contribution in [0.2, 0.25) is 0 Å². The topological polar surface area (TPSA) is 36.4 Å². The van der Waals surface area contributed by atoms with Crippen molar-refractivity contribution in [2.24, 2.45) is 11.8 Å². The Morgan fingerprint density at radius 2 is 2.18 bits per heavy atom. The minimum atomic E-state index is -0.409. The van der Waals surface area contributed by atoms with E-state index in [-0.39, 0.29) is 6.04 Å². The molecule has 0 radical (unpaired) electrons.